The van der Waals surface area contributed by atoms with Crippen molar-refractivity contribution in [3.8, 4) is 11.8 Å². The summed E-state index contributed by atoms with van der Waals surface area (Å²) in [7, 11) is 1.81. The number of rotatable bonds is 8. The molecule has 1 aromatic heterocycles. The number of nitriles is 1. The largest absolute Gasteiger partial charge is 0.489 e. The zero-order valence-corrected chi connectivity index (χ0v) is 17.9. The minimum atomic E-state index is -0.402. The molecule has 0 unspecified atom stereocenters. The van der Waals surface area contributed by atoms with Gasteiger partial charge in [0.25, 0.3) is 0 Å². The Morgan fingerprint density at radius 2 is 2.03 bits per heavy atom. The summed E-state index contributed by atoms with van der Waals surface area (Å²) in [5.74, 6) is 0.228. The van der Waals surface area contributed by atoms with E-state index in [2.05, 4.69) is 16.0 Å². The molecule has 7 heteroatoms. The van der Waals surface area contributed by atoms with Crippen molar-refractivity contribution in [1.82, 2.24) is 9.47 Å². The minimum Gasteiger partial charge on any atom is -0.489 e. The van der Waals surface area contributed by atoms with Gasteiger partial charge in [-0.05, 0) is 51.4 Å². The Bertz CT molecular complexity index is 941. The molecule has 1 heterocycles. The molecule has 1 aliphatic rings. The lowest BCUT2D eigenvalue weighted by molar-refractivity contribution is -0.117. The summed E-state index contributed by atoms with van der Waals surface area (Å²) in [6.07, 6.45) is 4.47. The van der Waals surface area contributed by atoms with Crippen molar-refractivity contribution >= 4 is 11.7 Å². The molecule has 2 aromatic rings. The lowest BCUT2D eigenvalue weighted by Crippen LogP contribution is -2.33. The van der Waals surface area contributed by atoms with Gasteiger partial charge >= 0.3 is 0 Å². The van der Waals surface area contributed by atoms with Gasteiger partial charge in [0.2, 0.25) is 5.91 Å². The molecule has 1 amide bonds. The number of hydrogen-bond acceptors (Lipinski definition) is 4. The number of carbonyl (C=O) groups is 1. The van der Waals surface area contributed by atoms with Crippen molar-refractivity contribution in [2.45, 2.75) is 45.6 Å². The molecule has 0 radical (unpaired) electrons. The van der Waals surface area contributed by atoms with Gasteiger partial charge in [0.1, 0.15) is 18.5 Å². The van der Waals surface area contributed by atoms with Gasteiger partial charge in [0, 0.05) is 18.3 Å². The number of carbonyl (C=O) groups excluding carboxylic acids is 1. The van der Waals surface area contributed by atoms with Gasteiger partial charge in [-0.15, -0.1) is 0 Å². The lowest BCUT2D eigenvalue weighted by Gasteiger charge is -2.21. The number of likely N-dealkylation sites (N-methyl/N-ethyl adjacent to an activating group) is 1. The fourth-order valence-electron chi connectivity index (χ4n) is 4.07. The van der Waals surface area contributed by atoms with Crippen LogP contribution >= 0.6 is 0 Å². The number of para-hydroxylation sites is 1. The van der Waals surface area contributed by atoms with Crippen molar-refractivity contribution in [2.24, 2.45) is 0 Å². The first-order valence-electron chi connectivity index (χ1n) is 10.4. The Morgan fingerprint density at radius 1 is 1.33 bits per heavy atom. The summed E-state index contributed by atoms with van der Waals surface area (Å²) in [6, 6.07) is 8.84. The van der Waals surface area contributed by atoms with Crippen LogP contribution in [0.25, 0.3) is 0 Å². The first-order valence-corrected chi connectivity index (χ1v) is 10.4. The Hall–Kier alpha value is -2.85. The van der Waals surface area contributed by atoms with Crippen LogP contribution in [0.5, 0.6) is 5.75 Å². The monoisotopic (exact) mass is 412 g/mol. The van der Waals surface area contributed by atoms with Crippen LogP contribution in [0.3, 0.4) is 0 Å². The molecule has 3 rings (SSSR count). The standard InChI is InChI=1S/C23H29FN4O2/c1-16-17(2)28(18-8-4-5-9-18)23(19(16)14-25)26-22(29)15-27(3)12-13-30-21-11-7-6-10-20(21)24/h6-7,10-11,18H,4-5,8-9,12-13,15H2,1-3H3,(H,26,29). The van der Waals surface area contributed by atoms with Gasteiger partial charge in [0.05, 0.1) is 12.1 Å². The zero-order chi connectivity index (χ0) is 21.7. The van der Waals surface area contributed by atoms with Crippen LogP contribution in [0.4, 0.5) is 10.2 Å². The van der Waals surface area contributed by atoms with Gasteiger partial charge in [-0.3, -0.25) is 9.69 Å². The maximum atomic E-state index is 13.6. The van der Waals surface area contributed by atoms with Gasteiger partial charge in [-0.1, -0.05) is 25.0 Å². The van der Waals surface area contributed by atoms with E-state index in [1.54, 1.807) is 18.2 Å². The van der Waals surface area contributed by atoms with Crippen LogP contribution < -0.4 is 10.1 Å². The van der Waals surface area contributed by atoms with Crippen molar-refractivity contribution in [1.29, 1.82) is 5.26 Å². The molecular formula is C23H29FN4O2. The van der Waals surface area contributed by atoms with Crippen LogP contribution in [0, 0.1) is 31.0 Å². The molecule has 1 saturated carbocycles. The molecule has 6 nitrogen and oxygen atoms in total. The average molecular weight is 413 g/mol. The summed E-state index contributed by atoms with van der Waals surface area (Å²) in [6.45, 7) is 4.83. The number of anilines is 1. The van der Waals surface area contributed by atoms with E-state index in [1.807, 2.05) is 25.8 Å². The second-order valence-electron chi connectivity index (χ2n) is 7.92. The molecule has 1 N–H and O–H groups in total. The third-order valence-electron chi connectivity index (χ3n) is 5.80. The predicted octanol–water partition coefficient (Wildman–Crippen LogP) is 4.18. The SMILES string of the molecule is Cc1c(C#N)c(NC(=O)CN(C)CCOc2ccccc2F)n(C2CCCC2)c1C. The summed E-state index contributed by atoms with van der Waals surface area (Å²) >= 11 is 0. The maximum absolute atomic E-state index is 13.6. The van der Waals surface area contributed by atoms with Gasteiger partial charge in [-0.2, -0.15) is 5.26 Å². The Kier molecular flexibility index (Phi) is 7.11. The predicted molar refractivity (Wildman–Crippen MR) is 114 cm³/mol. The summed E-state index contributed by atoms with van der Waals surface area (Å²) < 4.78 is 21.2. The number of benzene rings is 1. The summed E-state index contributed by atoms with van der Waals surface area (Å²) in [5, 5.41) is 12.6. The van der Waals surface area contributed by atoms with E-state index in [0.717, 1.165) is 24.1 Å². The van der Waals surface area contributed by atoms with Crippen LogP contribution in [0.15, 0.2) is 24.3 Å². The molecule has 1 fully saturated rings. The van der Waals surface area contributed by atoms with E-state index in [1.165, 1.54) is 18.9 Å². The van der Waals surface area contributed by atoms with Gasteiger partial charge in [-0.25, -0.2) is 4.39 Å². The number of halogens is 1. The van der Waals surface area contributed by atoms with Crippen molar-refractivity contribution in [3.05, 3.63) is 46.9 Å². The minimum absolute atomic E-state index is 0.152. The fourth-order valence-corrected chi connectivity index (χ4v) is 4.07. The molecule has 30 heavy (non-hydrogen) atoms. The first kappa shape index (κ1) is 21.8. The van der Waals surface area contributed by atoms with Crippen molar-refractivity contribution < 1.29 is 13.9 Å². The van der Waals surface area contributed by atoms with E-state index in [9.17, 15) is 14.4 Å². The third-order valence-corrected chi connectivity index (χ3v) is 5.80. The Balaban J connectivity index is 1.61. The molecule has 160 valence electrons. The molecule has 0 atom stereocenters. The second-order valence-corrected chi connectivity index (χ2v) is 7.92. The fraction of sp³-hybridized carbons (Fsp3) is 0.478. The molecule has 0 bridgehead atoms. The highest BCUT2D eigenvalue weighted by atomic mass is 19.1. The van der Waals surface area contributed by atoms with Crippen LogP contribution in [-0.4, -0.2) is 42.1 Å². The summed E-state index contributed by atoms with van der Waals surface area (Å²) in [4.78, 5) is 14.5. The molecular weight excluding hydrogens is 383 g/mol. The van der Waals surface area contributed by atoms with E-state index in [0.29, 0.717) is 24.0 Å². The maximum Gasteiger partial charge on any atom is 0.239 e. The smallest absolute Gasteiger partial charge is 0.239 e. The molecule has 0 saturated heterocycles. The number of nitrogens with one attached hydrogen (secondary N) is 1. The van der Waals surface area contributed by atoms with Crippen molar-refractivity contribution in [2.75, 3.05) is 32.1 Å². The van der Waals surface area contributed by atoms with Crippen molar-refractivity contribution in [3.63, 3.8) is 0 Å². The van der Waals surface area contributed by atoms with Crippen LogP contribution in [-0.2, 0) is 4.79 Å². The molecule has 0 aliphatic heterocycles. The van der Waals surface area contributed by atoms with Gasteiger partial charge in [0.15, 0.2) is 11.6 Å². The molecule has 0 spiro atoms. The number of hydrogen-bond donors (Lipinski definition) is 1. The van der Waals surface area contributed by atoms with E-state index in [4.69, 9.17) is 4.74 Å². The highest BCUT2D eigenvalue weighted by Crippen LogP contribution is 2.37. The second kappa shape index (κ2) is 9.77. The topological polar surface area (TPSA) is 70.3 Å². The number of nitrogens with zero attached hydrogens (tertiary/aromatic N) is 3. The number of amides is 1. The van der Waals surface area contributed by atoms with Gasteiger partial charge < -0.3 is 14.6 Å². The lowest BCUT2D eigenvalue weighted by atomic mass is 10.2. The number of aromatic nitrogens is 1. The Labute approximate surface area is 177 Å². The zero-order valence-electron chi connectivity index (χ0n) is 17.9. The molecule has 1 aromatic carbocycles. The Morgan fingerprint density at radius 3 is 2.70 bits per heavy atom. The highest BCUT2D eigenvalue weighted by molar-refractivity contribution is 5.93. The van der Waals surface area contributed by atoms with E-state index < -0.39 is 5.82 Å². The summed E-state index contributed by atoms with van der Waals surface area (Å²) in [5.41, 5.74) is 2.50. The first-order chi connectivity index (χ1) is 14.4. The van der Waals surface area contributed by atoms with Crippen LogP contribution in [0.1, 0.15) is 48.5 Å². The normalized spacial score (nSPS) is 14.1. The quantitative estimate of drug-likeness (QED) is 0.706. The molecule has 1 aliphatic carbocycles. The third kappa shape index (κ3) is 4.82. The van der Waals surface area contributed by atoms with Crippen LogP contribution in [0.2, 0.25) is 0 Å². The highest BCUT2D eigenvalue weighted by Gasteiger charge is 2.26. The number of ether oxygens (including phenoxy) is 1. The van der Waals surface area contributed by atoms with E-state index >= 15 is 0 Å². The average Bonchev–Trinajstić information content (AvgIpc) is 3.30. The van der Waals surface area contributed by atoms with E-state index in [-0.39, 0.29) is 24.8 Å².